The summed E-state index contributed by atoms with van der Waals surface area (Å²) in [7, 11) is -3.70. The molecule has 0 aliphatic carbocycles. The molecular formula is C12H17ClN2O3S. The second kappa shape index (κ2) is 5.28. The van der Waals surface area contributed by atoms with E-state index in [0.29, 0.717) is 25.1 Å². The summed E-state index contributed by atoms with van der Waals surface area (Å²) in [6.45, 7) is 2.26. The fraction of sp³-hybridized carbons (Fsp3) is 0.500. The van der Waals surface area contributed by atoms with Crippen molar-refractivity contribution >= 4 is 27.3 Å². The number of rotatable bonds is 2. The van der Waals surface area contributed by atoms with E-state index in [-0.39, 0.29) is 16.5 Å². The fourth-order valence-electron chi connectivity index (χ4n) is 2.14. The Kier molecular flexibility index (Phi) is 4.06. The van der Waals surface area contributed by atoms with E-state index in [1.54, 1.807) is 13.0 Å². The normalized spacial score (nSPS) is 21.5. The van der Waals surface area contributed by atoms with Gasteiger partial charge < -0.3 is 10.8 Å². The third-order valence-corrected chi connectivity index (χ3v) is 5.63. The monoisotopic (exact) mass is 304 g/mol. The van der Waals surface area contributed by atoms with Crippen LogP contribution in [0, 0.1) is 6.92 Å². The first-order valence-corrected chi connectivity index (χ1v) is 7.88. The maximum Gasteiger partial charge on any atom is 0.244 e. The maximum absolute atomic E-state index is 12.5. The summed E-state index contributed by atoms with van der Waals surface area (Å²) >= 11 is 6.02. The molecule has 0 bridgehead atoms. The third kappa shape index (κ3) is 2.86. The Hall–Kier alpha value is -0.820. The lowest BCUT2D eigenvalue weighted by Gasteiger charge is -2.29. The van der Waals surface area contributed by atoms with Gasteiger partial charge in [0.05, 0.1) is 11.1 Å². The van der Waals surface area contributed by atoms with Crippen LogP contribution in [0.25, 0.3) is 0 Å². The van der Waals surface area contributed by atoms with Crippen LogP contribution < -0.4 is 5.73 Å². The van der Waals surface area contributed by atoms with Gasteiger partial charge in [0, 0.05) is 18.8 Å². The fourth-order valence-corrected chi connectivity index (χ4v) is 4.25. The van der Waals surface area contributed by atoms with Crippen LogP contribution in [0.3, 0.4) is 0 Å². The van der Waals surface area contributed by atoms with Crippen LogP contribution >= 0.6 is 11.6 Å². The molecule has 0 spiro atoms. The first kappa shape index (κ1) is 14.6. The highest BCUT2D eigenvalue weighted by Crippen LogP contribution is 2.30. The average Bonchev–Trinajstić information content (AvgIpc) is 2.33. The summed E-state index contributed by atoms with van der Waals surface area (Å²) < 4.78 is 26.2. The van der Waals surface area contributed by atoms with E-state index < -0.39 is 16.1 Å². The molecule has 1 heterocycles. The summed E-state index contributed by atoms with van der Waals surface area (Å²) in [6, 6.07) is 2.93. The Labute approximate surface area is 118 Å². The third-order valence-electron chi connectivity index (χ3n) is 3.30. The van der Waals surface area contributed by atoms with Gasteiger partial charge in [-0.3, -0.25) is 0 Å². The number of nitrogen functional groups attached to an aromatic ring is 1. The predicted octanol–water partition coefficient (Wildman–Crippen LogP) is 1.38. The van der Waals surface area contributed by atoms with Gasteiger partial charge >= 0.3 is 0 Å². The van der Waals surface area contributed by atoms with Gasteiger partial charge in [-0.2, -0.15) is 4.31 Å². The molecule has 0 aromatic heterocycles. The van der Waals surface area contributed by atoms with E-state index in [0.717, 1.165) is 5.56 Å². The number of hydrogen-bond donors (Lipinski definition) is 2. The SMILES string of the molecule is Cc1cc(Cl)c(S(=O)(=O)N2CCCC(O)C2)cc1N. The molecule has 2 rings (SSSR count). The van der Waals surface area contributed by atoms with Crippen molar-refractivity contribution in [2.75, 3.05) is 18.8 Å². The first-order valence-electron chi connectivity index (χ1n) is 6.06. The molecule has 1 aromatic carbocycles. The maximum atomic E-state index is 12.5. The molecule has 19 heavy (non-hydrogen) atoms. The molecule has 1 fully saturated rings. The van der Waals surface area contributed by atoms with Gasteiger partial charge in [-0.1, -0.05) is 11.6 Å². The number of aliphatic hydroxyl groups is 1. The highest BCUT2D eigenvalue weighted by molar-refractivity contribution is 7.89. The number of hydrogen-bond acceptors (Lipinski definition) is 4. The van der Waals surface area contributed by atoms with Crippen molar-refractivity contribution in [2.24, 2.45) is 0 Å². The van der Waals surface area contributed by atoms with Gasteiger partial charge in [0.15, 0.2) is 0 Å². The molecule has 7 heteroatoms. The topological polar surface area (TPSA) is 83.6 Å². The first-order chi connectivity index (χ1) is 8.82. The zero-order valence-electron chi connectivity index (χ0n) is 10.6. The number of halogens is 1. The lowest BCUT2D eigenvalue weighted by molar-refractivity contribution is 0.108. The van der Waals surface area contributed by atoms with E-state index in [1.807, 2.05) is 0 Å². The number of nitrogens with zero attached hydrogens (tertiary/aromatic N) is 1. The van der Waals surface area contributed by atoms with E-state index >= 15 is 0 Å². The number of aryl methyl sites for hydroxylation is 1. The van der Waals surface area contributed by atoms with E-state index in [9.17, 15) is 13.5 Å². The van der Waals surface area contributed by atoms with E-state index in [4.69, 9.17) is 17.3 Å². The van der Waals surface area contributed by atoms with Crippen LogP contribution in [-0.4, -0.2) is 37.0 Å². The van der Waals surface area contributed by atoms with Crippen LogP contribution in [0.5, 0.6) is 0 Å². The van der Waals surface area contributed by atoms with Crippen molar-refractivity contribution in [3.63, 3.8) is 0 Å². The summed E-state index contributed by atoms with van der Waals surface area (Å²) in [6.07, 6.45) is 0.639. The second-order valence-corrected chi connectivity index (χ2v) is 7.11. The minimum absolute atomic E-state index is 0.00590. The highest BCUT2D eigenvalue weighted by Gasteiger charge is 2.31. The molecule has 1 saturated heterocycles. The number of aliphatic hydroxyl groups excluding tert-OH is 1. The number of anilines is 1. The minimum Gasteiger partial charge on any atom is -0.398 e. The molecule has 0 saturated carbocycles. The van der Waals surface area contributed by atoms with Gasteiger partial charge in [0.2, 0.25) is 10.0 Å². The van der Waals surface area contributed by atoms with Crippen LogP contribution in [0.1, 0.15) is 18.4 Å². The molecule has 1 unspecified atom stereocenters. The number of benzene rings is 1. The average molecular weight is 305 g/mol. The number of β-amino-alcohol motifs (C(OH)–C–C–N with tert-alkyl or cyclic N) is 1. The minimum atomic E-state index is -3.70. The molecule has 1 aliphatic rings. The van der Waals surface area contributed by atoms with Crippen molar-refractivity contribution in [1.29, 1.82) is 0 Å². The van der Waals surface area contributed by atoms with Crippen molar-refractivity contribution in [3.05, 3.63) is 22.7 Å². The lowest BCUT2D eigenvalue weighted by atomic mass is 10.1. The van der Waals surface area contributed by atoms with Gasteiger partial charge in [-0.15, -0.1) is 0 Å². The van der Waals surface area contributed by atoms with Crippen LogP contribution in [-0.2, 0) is 10.0 Å². The molecule has 0 amide bonds. The molecule has 5 nitrogen and oxygen atoms in total. The molecule has 1 aromatic rings. The zero-order valence-corrected chi connectivity index (χ0v) is 12.2. The van der Waals surface area contributed by atoms with Crippen LogP contribution in [0.15, 0.2) is 17.0 Å². The number of sulfonamides is 1. The molecule has 3 N–H and O–H groups in total. The Morgan fingerprint density at radius 3 is 2.79 bits per heavy atom. The van der Waals surface area contributed by atoms with Crippen molar-refractivity contribution < 1.29 is 13.5 Å². The van der Waals surface area contributed by atoms with E-state index in [1.165, 1.54) is 10.4 Å². The smallest absolute Gasteiger partial charge is 0.244 e. The summed E-state index contributed by atoms with van der Waals surface area (Å²) in [5, 5.41) is 9.75. The Morgan fingerprint density at radius 2 is 2.16 bits per heavy atom. The standard InChI is InChI=1S/C12H17ClN2O3S/c1-8-5-10(13)12(6-11(8)14)19(17,18)15-4-2-3-9(16)7-15/h5-6,9,16H,2-4,7,14H2,1H3. The molecular weight excluding hydrogens is 288 g/mol. The van der Waals surface area contributed by atoms with Gasteiger partial charge in [-0.05, 0) is 37.5 Å². The van der Waals surface area contributed by atoms with Gasteiger partial charge in [0.1, 0.15) is 4.90 Å². The van der Waals surface area contributed by atoms with Crippen molar-refractivity contribution in [1.82, 2.24) is 4.31 Å². The Balaban J connectivity index is 2.42. The predicted molar refractivity (Wildman–Crippen MR) is 74.6 cm³/mol. The van der Waals surface area contributed by atoms with Gasteiger partial charge in [0.25, 0.3) is 0 Å². The Bertz CT molecular complexity index is 589. The number of piperidine rings is 1. The summed E-state index contributed by atoms with van der Waals surface area (Å²) in [4.78, 5) is 0.00590. The molecule has 1 atom stereocenters. The second-order valence-electron chi connectivity index (χ2n) is 4.80. The van der Waals surface area contributed by atoms with Crippen LogP contribution in [0.4, 0.5) is 5.69 Å². The zero-order chi connectivity index (χ0) is 14.2. The summed E-state index contributed by atoms with van der Waals surface area (Å²) in [5.74, 6) is 0. The van der Waals surface area contributed by atoms with Crippen molar-refractivity contribution in [3.8, 4) is 0 Å². The van der Waals surface area contributed by atoms with Crippen molar-refractivity contribution in [2.45, 2.75) is 30.8 Å². The highest BCUT2D eigenvalue weighted by atomic mass is 35.5. The molecule has 1 aliphatic heterocycles. The largest absolute Gasteiger partial charge is 0.398 e. The van der Waals surface area contributed by atoms with Crippen LogP contribution in [0.2, 0.25) is 5.02 Å². The molecule has 0 radical (unpaired) electrons. The molecule has 106 valence electrons. The number of nitrogens with two attached hydrogens (primary N) is 1. The summed E-state index contributed by atoms with van der Waals surface area (Å²) in [5.41, 5.74) is 6.88. The van der Waals surface area contributed by atoms with E-state index in [2.05, 4.69) is 0 Å². The lowest BCUT2D eigenvalue weighted by Crippen LogP contribution is -2.42. The Morgan fingerprint density at radius 1 is 1.47 bits per heavy atom. The van der Waals surface area contributed by atoms with Gasteiger partial charge in [-0.25, -0.2) is 8.42 Å². The quantitative estimate of drug-likeness (QED) is 0.809.